The molecule has 1 heterocycles. The molecule has 142 valence electrons. The maximum Gasteiger partial charge on any atom is 0.317 e. The topological polar surface area (TPSA) is 72.3 Å². The number of ether oxygens (including phenoxy) is 1. The Kier molecular flexibility index (Phi) is 7.59. The molecule has 2 aromatic rings. The van der Waals surface area contributed by atoms with Gasteiger partial charge in [0, 0.05) is 26.8 Å². The van der Waals surface area contributed by atoms with Gasteiger partial charge in [-0.25, -0.2) is 14.5 Å². The van der Waals surface area contributed by atoms with Crippen LogP contribution in [0.4, 0.5) is 4.79 Å². The highest BCUT2D eigenvalue weighted by Gasteiger charge is 2.17. The molecule has 1 unspecified atom stereocenters. The van der Waals surface area contributed by atoms with Crippen molar-refractivity contribution in [1.82, 2.24) is 25.0 Å². The van der Waals surface area contributed by atoms with E-state index < -0.39 is 0 Å². The molecule has 1 atom stereocenters. The molecular weight excluding hydrogens is 330 g/mol. The average Bonchev–Trinajstić information content (AvgIpc) is 3.17. The first kappa shape index (κ1) is 19.9. The summed E-state index contributed by atoms with van der Waals surface area (Å²) in [7, 11) is 1.81. The van der Waals surface area contributed by atoms with E-state index in [-0.39, 0.29) is 12.1 Å². The summed E-state index contributed by atoms with van der Waals surface area (Å²) >= 11 is 0. The van der Waals surface area contributed by atoms with Crippen molar-refractivity contribution < 1.29 is 9.53 Å². The Morgan fingerprint density at radius 1 is 1.27 bits per heavy atom. The first-order valence-corrected chi connectivity index (χ1v) is 9.02. The summed E-state index contributed by atoms with van der Waals surface area (Å²) in [5.41, 5.74) is 2.00. The van der Waals surface area contributed by atoms with Gasteiger partial charge in [-0.1, -0.05) is 26.0 Å². The quantitative estimate of drug-likeness (QED) is 0.699. The van der Waals surface area contributed by atoms with Crippen LogP contribution in [0.1, 0.15) is 38.8 Å². The van der Waals surface area contributed by atoms with Gasteiger partial charge in [0.05, 0.1) is 11.7 Å². The number of carbonyl (C=O) groups is 1. The van der Waals surface area contributed by atoms with E-state index in [0.29, 0.717) is 19.1 Å². The molecule has 0 aliphatic rings. The lowest BCUT2D eigenvalue weighted by molar-refractivity contribution is 0.107. The number of hydrogen-bond donors (Lipinski definition) is 1. The number of rotatable bonds is 9. The number of aromatic nitrogens is 3. The first-order valence-electron chi connectivity index (χ1n) is 9.02. The minimum absolute atomic E-state index is 0.0306. The fraction of sp³-hybridized carbons (Fsp3) is 0.526. The molecule has 26 heavy (non-hydrogen) atoms. The number of nitrogens with zero attached hydrogens (tertiary/aromatic N) is 4. The predicted molar refractivity (Wildman–Crippen MR) is 101 cm³/mol. The number of carbonyl (C=O) groups excluding carboxylic acids is 1. The number of nitrogens with one attached hydrogen (secondary N) is 1. The summed E-state index contributed by atoms with van der Waals surface area (Å²) in [6, 6.07) is 7.84. The second kappa shape index (κ2) is 9.91. The summed E-state index contributed by atoms with van der Waals surface area (Å²) in [5.74, 6) is 0.535. The summed E-state index contributed by atoms with van der Waals surface area (Å²) in [6.45, 7) is 8.29. The van der Waals surface area contributed by atoms with E-state index in [0.717, 1.165) is 24.3 Å². The van der Waals surface area contributed by atoms with Crippen LogP contribution in [0.3, 0.4) is 0 Å². The number of urea groups is 1. The lowest BCUT2D eigenvalue weighted by Crippen LogP contribution is -2.39. The van der Waals surface area contributed by atoms with E-state index in [4.69, 9.17) is 4.74 Å². The monoisotopic (exact) mass is 359 g/mol. The van der Waals surface area contributed by atoms with Gasteiger partial charge in [-0.3, -0.25) is 0 Å². The Balaban J connectivity index is 1.78. The molecule has 0 aliphatic carbocycles. The highest BCUT2D eigenvalue weighted by molar-refractivity contribution is 5.74. The van der Waals surface area contributed by atoms with Crippen LogP contribution in [0.2, 0.25) is 0 Å². The normalized spacial score (nSPS) is 12.2. The second-order valence-corrected chi connectivity index (χ2v) is 6.77. The molecule has 0 aliphatic heterocycles. The van der Waals surface area contributed by atoms with Crippen LogP contribution in [0, 0.1) is 5.92 Å². The van der Waals surface area contributed by atoms with E-state index in [1.807, 2.05) is 31.2 Å². The fourth-order valence-corrected chi connectivity index (χ4v) is 2.46. The Labute approximate surface area is 155 Å². The van der Waals surface area contributed by atoms with Gasteiger partial charge in [-0.15, -0.1) is 0 Å². The zero-order valence-corrected chi connectivity index (χ0v) is 16.1. The summed E-state index contributed by atoms with van der Waals surface area (Å²) in [5, 5.41) is 7.05. The van der Waals surface area contributed by atoms with Gasteiger partial charge in [0.25, 0.3) is 0 Å². The van der Waals surface area contributed by atoms with Crippen LogP contribution < -0.4 is 5.32 Å². The van der Waals surface area contributed by atoms with Crippen molar-refractivity contribution in [3.63, 3.8) is 0 Å². The van der Waals surface area contributed by atoms with Crippen LogP contribution >= 0.6 is 0 Å². The molecule has 0 bridgehead atoms. The number of amides is 2. The van der Waals surface area contributed by atoms with E-state index in [2.05, 4.69) is 29.2 Å². The van der Waals surface area contributed by atoms with Crippen LogP contribution in [-0.2, 0) is 4.74 Å². The van der Waals surface area contributed by atoms with Crippen molar-refractivity contribution in [2.24, 2.45) is 5.92 Å². The third-order valence-corrected chi connectivity index (χ3v) is 4.15. The van der Waals surface area contributed by atoms with Gasteiger partial charge >= 0.3 is 6.03 Å². The fourth-order valence-electron chi connectivity index (χ4n) is 2.46. The third kappa shape index (κ3) is 5.84. The smallest absolute Gasteiger partial charge is 0.317 e. The minimum atomic E-state index is -0.0817. The largest absolute Gasteiger partial charge is 0.381 e. The van der Waals surface area contributed by atoms with Gasteiger partial charge in [-0.2, -0.15) is 5.10 Å². The van der Waals surface area contributed by atoms with Gasteiger partial charge in [0.2, 0.25) is 0 Å². The van der Waals surface area contributed by atoms with Crippen molar-refractivity contribution in [3.05, 3.63) is 42.5 Å². The highest BCUT2D eigenvalue weighted by Crippen LogP contribution is 2.20. The molecule has 0 fully saturated rings. The van der Waals surface area contributed by atoms with Crippen LogP contribution in [-0.4, -0.2) is 52.5 Å². The molecule has 7 heteroatoms. The van der Waals surface area contributed by atoms with Crippen LogP contribution in [0.25, 0.3) is 5.69 Å². The molecule has 0 radical (unpaired) electrons. The highest BCUT2D eigenvalue weighted by atomic mass is 16.5. The molecule has 1 N–H and O–H groups in total. The van der Waals surface area contributed by atoms with E-state index in [1.54, 1.807) is 23.0 Å². The van der Waals surface area contributed by atoms with Crippen molar-refractivity contribution >= 4 is 6.03 Å². The van der Waals surface area contributed by atoms with Gasteiger partial charge < -0.3 is 15.0 Å². The van der Waals surface area contributed by atoms with Crippen molar-refractivity contribution in [3.8, 4) is 5.69 Å². The lowest BCUT2D eigenvalue weighted by Gasteiger charge is -2.25. The van der Waals surface area contributed by atoms with Crippen molar-refractivity contribution in [2.75, 3.05) is 26.8 Å². The van der Waals surface area contributed by atoms with Crippen LogP contribution in [0.15, 0.2) is 36.9 Å². The molecule has 1 aromatic carbocycles. The second-order valence-electron chi connectivity index (χ2n) is 6.77. The molecule has 2 amide bonds. The summed E-state index contributed by atoms with van der Waals surface area (Å²) < 4.78 is 7.22. The van der Waals surface area contributed by atoms with Gasteiger partial charge in [-0.05, 0) is 37.0 Å². The molecule has 2 rings (SSSR count). The van der Waals surface area contributed by atoms with Crippen molar-refractivity contribution in [1.29, 1.82) is 0 Å². The molecule has 1 aromatic heterocycles. The Hall–Kier alpha value is -2.41. The molecule has 0 saturated carbocycles. The Bertz CT molecular complexity index is 655. The zero-order chi connectivity index (χ0) is 18.9. The summed E-state index contributed by atoms with van der Waals surface area (Å²) in [4.78, 5) is 18.0. The zero-order valence-electron chi connectivity index (χ0n) is 16.1. The predicted octanol–water partition coefficient (Wildman–Crippen LogP) is 3.03. The first-order chi connectivity index (χ1) is 12.5. The van der Waals surface area contributed by atoms with Gasteiger partial charge in [0.1, 0.15) is 12.7 Å². The maximum atomic E-state index is 12.3. The molecule has 0 spiro atoms. The van der Waals surface area contributed by atoms with E-state index in [9.17, 15) is 4.79 Å². The number of hydrogen-bond acceptors (Lipinski definition) is 4. The molecule has 7 nitrogen and oxygen atoms in total. The van der Waals surface area contributed by atoms with E-state index in [1.165, 1.54) is 6.33 Å². The van der Waals surface area contributed by atoms with Gasteiger partial charge in [0.15, 0.2) is 0 Å². The molecular formula is C19H29N5O2. The average molecular weight is 359 g/mol. The molecule has 0 saturated heterocycles. The van der Waals surface area contributed by atoms with E-state index >= 15 is 0 Å². The Morgan fingerprint density at radius 2 is 2.00 bits per heavy atom. The SMILES string of the molecule is CC(C)COCCCNC(=O)N(C)C(C)c1ccc(-n2cncn2)cc1. The standard InChI is InChI=1S/C19H29N5O2/c1-15(2)12-26-11-5-10-21-19(25)23(4)16(3)17-6-8-18(9-7-17)24-14-20-13-22-24/h6-9,13-16H,5,10-12H2,1-4H3,(H,21,25). The van der Waals surface area contributed by atoms with Crippen LogP contribution in [0.5, 0.6) is 0 Å². The lowest BCUT2D eigenvalue weighted by atomic mass is 10.1. The maximum absolute atomic E-state index is 12.3. The number of benzene rings is 1. The minimum Gasteiger partial charge on any atom is -0.381 e. The Morgan fingerprint density at radius 3 is 2.62 bits per heavy atom. The van der Waals surface area contributed by atoms with Crippen molar-refractivity contribution in [2.45, 2.75) is 33.2 Å². The summed E-state index contributed by atoms with van der Waals surface area (Å²) in [6.07, 6.45) is 3.97. The third-order valence-electron chi connectivity index (χ3n) is 4.15.